The average molecular weight is 322 g/mol. The number of aliphatic hydroxyl groups excluding tert-OH is 2. The number of ether oxygens (including phenoxy) is 1. The Labute approximate surface area is 132 Å². The van der Waals surface area contributed by atoms with Crippen LogP contribution in [0, 0.1) is 0 Å². The van der Waals surface area contributed by atoms with Crippen LogP contribution < -0.4 is 0 Å². The van der Waals surface area contributed by atoms with Gasteiger partial charge in [0.15, 0.2) is 0 Å². The molecule has 4 unspecified atom stereocenters. The fourth-order valence-electron chi connectivity index (χ4n) is 3.53. The standard InChI is InChI=1S/C16H18O7/c1-6-12-8(4-7(23-6)5-11(19)20)15(21)13-9(17)2-3-10(18)14(13)16(12)22/h2-3,6-7,15-18,21-22H,4-5H2,1H3,(H,19,20). The molecule has 0 saturated carbocycles. The minimum atomic E-state index is -1.23. The first-order valence-corrected chi connectivity index (χ1v) is 7.32. The molecular weight excluding hydrogens is 304 g/mol. The number of aliphatic hydroxyl groups is 2. The summed E-state index contributed by atoms with van der Waals surface area (Å²) in [5, 5.41) is 50.1. The first-order chi connectivity index (χ1) is 10.8. The van der Waals surface area contributed by atoms with Gasteiger partial charge in [0, 0.05) is 11.1 Å². The normalized spacial score (nSPS) is 29.9. The number of benzene rings is 1. The lowest BCUT2D eigenvalue weighted by molar-refractivity contribution is -0.141. The maximum absolute atomic E-state index is 10.9. The van der Waals surface area contributed by atoms with Crippen molar-refractivity contribution in [1.82, 2.24) is 0 Å². The Morgan fingerprint density at radius 1 is 1.17 bits per heavy atom. The summed E-state index contributed by atoms with van der Waals surface area (Å²) in [5.41, 5.74) is 0.964. The van der Waals surface area contributed by atoms with Crippen molar-refractivity contribution >= 4 is 5.97 Å². The highest BCUT2D eigenvalue weighted by molar-refractivity contribution is 5.67. The summed E-state index contributed by atoms with van der Waals surface area (Å²) in [6.45, 7) is 1.66. The second kappa shape index (κ2) is 5.52. The zero-order chi connectivity index (χ0) is 16.9. The Kier molecular flexibility index (Phi) is 3.79. The smallest absolute Gasteiger partial charge is 0.305 e. The van der Waals surface area contributed by atoms with E-state index < -0.39 is 30.4 Å². The van der Waals surface area contributed by atoms with Gasteiger partial charge in [0.25, 0.3) is 0 Å². The van der Waals surface area contributed by atoms with E-state index in [2.05, 4.69) is 0 Å². The molecule has 0 aromatic heterocycles. The maximum atomic E-state index is 10.9. The molecule has 5 N–H and O–H groups in total. The van der Waals surface area contributed by atoms with E-state index in [9.17, 15) is 25.2 Å². The number of carboxylic acids is 1. The lowest BCUT2D eigenvalue weighted by Gasteiger charge is -2.40. The van der Waals surface area contributed by atoms with Crippen molar-refractivity contribution < 1.29 is 35.1 Å². The number of rotatable bonds is 2. The fraction of sp³-hybridized carbons (Fsp3) is 0.438. The van der Waals surface area contributed by atoms with Crippen molar-refractivity contribution in [1.29, 1.82) is 0 Å². The van der Waals surface area contributed by atoms with Crippen LogP contribution in [0.2, 0.25) is 0 Å². The van der Waals surface area contributed by atoms with Gasteiger partial charge in [-0.2, -0.15) is 0 Å². The highest BCUT2D eigenvalue weighted by Gasteiger charge is 2.42. The van der Waals surface area contributed by atoms with E-state index >= 15 is 0 Å². The van der Waals surface area contributed by atoms with Crippen molar-refractivity contribution in [2.75, 3.05) is 0 Å². The van der Waals surface area contributed by atoms with Crippen LogP contribution in [-0.4, -0.2) is 43.7 Å². The molecule has 3 rings (SSSR count). The van der Waals surface area contributed by atoms with E-state index in [-0.39, 0.29) is 35.5 Å². The highest BCUT2D eigenvalue weighted by atomic mass is 16.5. The van der Waals surface area contributed by atoms with Gasteiger partial charge >= 0.3 is 5.97 Å². The molecule has 0 amide bonds. The van der Waals surface area contributed by atoms with E-state index in [1.807, 2.05) is 0 Å². The maximum Gasteiger partial charge on any atom is 0.305 e. The molecule has 1 heterocycles. The van der Waals surface area contributed by atoms with Crippen LogP contribution in [0.5, 0.6) is 11.5 Å². The molecular formula is C16H18O7. The predicted molar refractivity (Wildman–Crippen MR) is 77.9 cm³/mol. The van der Waals surface area contributed by atoms with Crippen molar-refractivity contribution in [3.63, 3.8) is 0 Å². The molecule has 1 aliphatic carbocycles. The van der Waals surface area contributed by atoms with Crippen LogP contribution in [0.1, 0.15) is 43.1 Å². The Balaban J connectivity index is 2.08. The molecule has 1 aromatic rings. The number of hydrogen-bond acceptors (Lipinski definition) is 6. The van der Waals surface area contributed by atoms with Gasteiger partial charge in [0.05, 0.1) is 18.6 Å². The number of phenolic OH excluding ortho intramolecular Hbond substituents is 2. The van der Waals surface area contributed by atoms with Crippen LogP contribution in [0.4, 0.5) is 0 Å². The lowest BCUT2D eigenvalue weighted by atomic mass is 9.76. The lowest BCUT2D eigenvalue weighted by Crippen LogP contribution is -2.36. The third-order valence-corrected chi connectivity index (χ3v) is 4.47. The van der Waals surface area contributed by atoms with Crippen LogP contribution in [0.15, 0.2) is 23.3 Å². The number of aromatic hydroxyl groups is 2. The summed E-state index contributed by atoms with van der Waals surface area (Å²) in [7, 11) is 0. The van der Waals surface area contributed by atoms with Gasteiger partial charge in [-0.1, -0.05) is 0 Å². The Morgan fingerprint density at radius 3 is 2.30 bits per heavy atom. The average Bonchev–Trinajstić information content (AvgIpc) is 2.45. The molecule has 7 heteroatoms. The summed E-state index contributed by atoms with van der Waals surface area (Å²) in [6, 6.07) is 2.49. The van der Waals surface area contributed by atoms with Crippen LogP contribution in [0.3, 0.4) is 0 Å². The number of phenols is 2. The third-order valence-electron chi connectivity index (χ3n) is 4.47. The topological polar surface area (TPSA) is 127 Å². The van der Waals surface area contributed by atoms with Gasteiger partial charge in [0.2, 0.25) is 0 Å². The molecule has 1 aliphatic heterocycles. The van der Waals surface area contributed by atoms with Crippen LogP contribution >= 0.6 is 0 Å². The quantitative estimate of drug-likeness (QED) is 0.408. The minimum absolute atomic E-state index is 0.0550. The molecule has 0 fully saturated rings. The molecule has 23 heavy (non-hydrogen) atoms. The number of carbonyl (C=O) groups is 1. The third kappa shape index (κ3) is 2.46. The number of fused-ring (bicyclic) bond motifs is 1. The molecule has 4 atom stereocenters. The Morgan fingerprint density at radius 2 is 1.74 bits per heavy atom. The zero-order valence-corrected chi connectivity index (χ0v) is 12.4. The van der Waals surface area contributed by atoms with Gasteiger partial charge in [-0.15, -0.1) is 0 Å². The van der Waals surface area contributed by atoms with Gasteiger partial charge in [0.1, 0.15) is 23.7 Å². The molecule has 0 radical (unpaired) electrons. The van der Waals surface area contributed by atoms with Crippen molar-refractivity contribution in [3.05, 3.63) is 34.4 Å². The van der Waals surface area contributed by atoms with E-state index in [1.165, 1.54) is 12.1 Å². The number of carboxylic acid groups (broad SMARTS) is 1. The SMILES string of the molecule is CC1OC(CC(=O)O)CC2=C1C(O)c1c(O)ccc(O)c1C2O. The Bertz CT molecular complexity index is 694. The highest BCUT2D eigenvalue weighted by Crippen LogP contribution is 2.51. The van der Waals surface area contributed by atoms with E-state index in [1.54, 1.807) is 6.92 Å². The second-order valence-electron chi connectivity index (χ2n) is 5.92. The molecule has 1 aromatic carbocycles. The van der Waals surface area contributed by atoms with E-state index in [4.69, 9.17) is 9.84 Å². The fourth-order valence-corrected chi connectivity index (χ4v) is 3.53. The van der Waals surface area contributed by atoms with Crippen LogP contribution in [-0.2, 0) is 9.53 Å². The monoisotopic (exact) mass is 322 g/mol. The van der Waals surface area contributed by atoms with Crippen molar-refractivity contribution in [3.8, 4) is 11.5 Å². The summed E-state index contributed by atoms with van der Waals surface area (Å²) in [5.74, 6) is -1.47. The van der Waals surface area contributed by atoms with Gasteiger partial charge in [-0.3, -0.25) is 4.79 Å². The molecule has 2 aliphatic rings. The van der Waals surface area contributed by atoms with Gasteiger partial charge in [-0.25, -0.2) is 0 Å². The minimum Gasteiger partial charge on any atom is -0.508 e. The first-order valence-electron chi connectivity index (χ1n) is 7.32. The number of hydrogen-bond donors (Lipinski definition) is 5. The summed E-state index contributed by atoms with van der Waals surface area (Å²) in [4.78, 5) is 10.9. The molecule has 7 nitrogen and oxygen atoms in total. The van der Waals surface area contributed by atoms with E-state index in [0.29, 0.717) is 11.1 Å². The van der Waals surface area contributed by atoms with Crippen molar-refractivity contribution in [2.45, 2.75) is 44.2 Å². The summed E-state index contributed by atoms with van der Waals surface area (Å²) >= 11 is 0. The number of aliphatic carboxylic acids is 1. The molecule has 0 bridgehead atoms. The Hall–Kier alpha value is -2.09. The van der Waals surface area contributed by atoms with E-state index in [0.717, 1.165) is 0 Å². The summed E-state index contributed by atoms with van der Waals surface area (Å²) in [6.07, 6.45) is -3.76. The summed E-state index contributed by atoms with van der Waals surface area (Å²) < 4.78 is 5.62. The largest absolute Gasteiger partial charge is 0.508 e. The predicted octanol–water partition coefficient (Wildman–Crippen LogP) is 1.13. The second-order valence-corrected chi connectivity index (χ2v) is 5.92. The first kappa shape index (κ1) is 15.8. The molecule has 0 saturated heterocycles. The molecule has 124 valence electrons. The van der Waals surface area contributed by atoms with Crippen molar-refractivity contribution in [2.24, 2.45) is 0 Å². The van der Waals surface area contributed by atoms with Gasteiger partial charge in [-0.05, 0) is 36.6 Å². The van der Waals surface area contributed by atoms with Gasteiger partial charge < -0.3 is 30.3 Å². The zero-order valence-electron chi connectivity index (χ0n) is 12.4. The molecule has 0 spiro atoms. The van der Waals surface area contributed by atoms with Crippen LogP contribution in [0.25, 0.3) is 0 Å².